The summed E-state index contributed by atoms with van der Waals surface area (Å²) in [6.45, 7) is 2.89. The smallest absolute Gasteiger partial charge is 0.194 e. The molecule has 0 unspecified atom stereocenters. The van der Waals surface area contributed by atoms with Crippen LogP contribution in [-0.2, 0) is 4.74 Å². The summed E-state index contributed by atoms with van der Waals surface area (Å²) in [6.07, 6.45) is 8.10. The first kappa shape index (κ1) is 6.53. The van der Waals surface area contributed by atoms with Gasteiger partial charge in [0.2, 0.25) is 0 Å². The SMILES string of the molecule is C[C@@H]1COC(=C2C=CC=C2)N1. The Kier molecular flexibility index (Phi) is 1.46. The van der Waals surface area contributed by atoms with Gasteiger partial charge < -0.3 is 10.1 Å². The van der Waals surface area contributed by atoms with Gasteiger partial charge in [-0.1, -0.05) is 12.2 Å². The summed E-state index contributed by atoms with van der Waals surface area (Å²) in [4.78, 5) is 0. The Morgan fingerprint density at radius 3 is 2.73 bits per heavy atom. The van der Waals surface area contributed by atoms with E-state index in [0.717, 1.165) is 18.1 Å². The summed E-state index contributed by atoms with van der Waals surface area (Å²) < 4.78 is 5.42. The predicted octanol–water partition coefficient (Wildman–Crippen LogP) is 1.33. The van der Waals surface area contributed by atoms with Crippen molar-refractivity contribution in [3.8, 4) is 0 Å². The lowest BCUT2D eigenvalue weighted by Gasteiger charge is -2.00. The van der Waals surface area contributed by atoms with Gasteiger partial charge in [0.05, 0.1) is 6.04 Å². The zero-order chi connectivity index (χ0) is 7.68. The standard InChI is InChI=1S/C9H11NO/c1-7-6-11-9(10-7)8-4-2-3-5-8/h2-5,7,10H,6H2,1H3/t7-/m1/s1. The molecule has 11 heavy (non-hydrogen) atoms. The third kappa shape index (κ3) is 1.16. The molecule has 1 aliphatic carbocycles. The maximum absolute atomic E-state index is 5.42. The molecule has 0 aromatic heterocycles. The molecule has 0 spiro atoms. The van der Waals surface area contributed by atoms with Gasteiger partial charge in [0.25, 0.3) is 0 Å². The van der Waals surface area contributed by atoms with Crippen LogP contribution < -0.4 is 5.32 Å². The van der Waals surface area contributed by atoms with Gasteiger partial charge in [-0.05, 0) is 19.1 Å². The van der Waals surface area contributed by atoms with Gasteiger partial charge in [-0.15, -0.1) is 0 Å². The van der Waals surface area contributed by atoms with E-state index in [2.05, 4.69) is 12.2 Å². The first-order valence-corrected chi connectivity index (χ1v) is 3.84. The van der Waals surface area contributed by atoms with Crippen LogP contribution in [0, 0.1) is 0 Å². The van der Waals surface area contributed by atoms with Gasteiger partial charge >= 0.3 is 0 Å². The zero-order valence-electron chi connectivity index (χ0n) is 6.50. The average molecular weight is 149 g/mol. The van der Waals surface area contributed by atoms with Crippen molar-refractivity contribution >= 4 is 0 Å². The molecular weight excluding hydrogens is 138 g/mol. The second-order valence-electron chi connectivity index (χ2n) is 2.86. The van der Waals surface area contributed by atoms with Crippen LogP contribution in [0.3, 0.4) is 0 Å². The van der Waals surface area contributed by atoms with Crippen LogP contribution in [-0.4, -0.2) is 12.6 Å². The van der Waals surface area contributed by atoms with Crippen molar-refractivity contribution in [1.82, 2.24) is 5.32 Å². The summed E-state index contributed by atoms with van der Waals surface area (Å²) in [6, 6.07) is 0.444. The van der Waals surface area contributed by atoms with Crippen LogP contribution in [0.2, 0.25) is 0 Å². The normalized spacial score (nSPS) is 27.5. The molecule has 2 aliphatic rings. The van der Waals surface area contributed by atoms with Crippen LogP contribution in [0.1, 0.15) is 6.92 Å². The van der Waals surface area contributed by atoms with E-state index in [0.29, 0.717) is 6.04 Å². The maximum atomic E-state index is 5.42. The molecule has 1 fully saturated rings. The van der Waals surface area contributed by atoms with Gasteiger partial charge in [0, 0.05) is 5.57 Å². The van der Waals surface area contributed by atoms with E-state index in [9.17, 15) is 0 Å². The number of nitrogens with one attached hydrogen (secondary N) is 1. The van der Waals surface area contributed by atoms with E-state index in [-0.39, 0.29) is 0 Å². The van der Waals surface area contributed by atoms with E-state index >= 15 is 0 Å². The van der Waals surface area contributed by atoms with Crippen molar-refractivity contribution in [3.63, 3.8) is 0 Å². The van der Waals surface area contributed by atoms with Gasteiger partial charge in [0.1, 0.15) is 6.61 Å². The minimum Gasteiger partial charge on any atom is -0.477 e. The Morgan fingerprint density at radius 1 is 1.45 bits per heavy atom. The Labute approximate surface area is 66.2 Å². The predicted molar refractivity (Wildman–Crippen MR) is 43.9 cm³/mol. The fraction of sp³-hybridized carbons (Fsp3) is 0.333. The Morgan fingerprint density at radius 2 is 2.18 bits per heavy atom. The summed E-state index contributed by atoms with van der Waals surface area (Å²) in [5.74, 6) is 0.919. The van der Waals surface area contributed by atoms with Crippen molar-refractivity contribution in [1.29, 1.82) is 0 Å². The van der Waals surface area contributed by atoms with Crippen molar-refractivity contribution in [2.45, 2.75) is 13.0 Å². The lowest BCUT2D eigenvalue weighted by Crippen LogP contribution is -2.18. The lowest BCUT2D eigenvalue weighted by atomic mass is 10.3. The molecule has 2 heteroatoms. The number of hydrogen-bond donors (Lipinski definition) is 1. The second kappa shape index (κ2) is 2.46. The van der Waals surface area contributed by atoms with Crippen molar-refractivity contribution in [2.75, 3.05) is 6.61 Å². The van der Waals surface area contributed by atoms with Crippen LogP contribution in [0.5, 0.6) is 0 Å². The van der Waals surface area contributed by atoms with E-state index in [1.54, 1.807) is 0 Å². The highest BCUT2D eigenvalue weighted by Crippen LogP contribution is 2.16. The van der Waals surface area contributed by atoms with Crippen LogP contribution >= 0.6 is 0 Å². The number of ether oxygens (including phenoxy) is 1. The minimum absolute atomic E-state index is 0.444. The van der Waals surface area contributed by atoms with Crippen molar-refractivity contribution < 1.29 is 4.74 Å². The first-order valence-electron chi connectivity index (χ1n) is 3.84. The summed E-state index contributed by atoms with van der Waals surface area (Å²) >= 11 is 0. The summed E-state index contributed by atoms with van der Waals surface area (Å²) in [5, 5.41) is 3.25. The zero-order valence-corrected chi connectivity index (χ0v) is 6.50. The van der Waals surface area contributed by atoms with E-state index in [1.807, 2.05) is 24.3 Å². The molecule has 0 aromatic carbocycles. The van der Waals surface area contributed by atoms with E-state index in [4.69, 9.17) is 4.74 Å². The summed E-state index contributed by atoms with van der Waals surface area (Å²) in [7, 11) is 0. The van der Waals surface area contributed by atoms with Gasteiger partial charge in [-0.25, -0.2) is 0 Å². The van der Waals surface area contributed by atoms with Gasteiger partial charge in [-0.3, -0.25) is 0 Å². The van der Waals surface area contributed by atoms with E-state index < -0.39 is 0 Å². The molecule has 0 radical (unpaired) electrons. The monoisotopic (exact) mass is 149 g/mol. The first-order chi connectivity index (χ1) is 5.36. The molecule has 0 amide bonds. The minimum atomic E-state index is 0.444. The molecule has 58 valence electrons. The maximum Gasteiger partial charge on any atom is 0.194 e. The molecule has 0 bridgehead atoms. The second-order valence-corrected chi connectivity index (χ2v) is 2.86. The van der Waals surface area contributed by atoms with Crippen LogP contribution in [0.4, 0.5) is 0 Å². The average Bonchev–Trinajstić information content (AvgIpc) is 2.55. The van der Waals surface area contributed by atoms with Crippen molar-refractivity contribution in [3.05, 3.63) is 35.8 Å². The molecule has 0 aromatic rings. The Hall–Kier alpha value is -1.18. The highest BCUT2D eigenvalue weighted by atomic mass is 16.5. The molecule has 1 N–H and O–H groups in total. The Bertz CT molecular complexity index is 236. The molecule has 1 saturated heterocycles. The quantitative estimate of drug-likeness (QED) is 0.561. The van der Waals surface area contributed by atoms with Gasteiger partial charge in [0.15, 0.2) is 5.88 Å². The fourth-order valence-corrected chi connectivity index (χ4v) is 1.21. The molecule has 0 saturated carbocycles. The van der Waals surface area contributed by atoms with Crippen LogP contribution in [0.25, 0.3) is 0 Å². The molecule has 2 rings (SSSR count). The fourth-order valence-electron chi connectivity index (χ4n) is 1.21. The number of rotatable bonds is 0. The highest BCUT2D eigenvalue weighted by Gasteiger charge is 2.16. The third-order valence-electron chi connectivity index (χ3n) is 1.78. The lowest BCUT2D eigenvalue weighted by molar-refractivity contribution is 0.255. The number of allylic oxidation sites excluding steroid dienone is 5. The van der Waals surface area contributed by atoms with Gasteiger partial charge in [-0.2, -0.15) is 0 Å². The van der Waals surface area contributed by atoms with E-state index in [1.165, 1.54) is 0 Å². The topological polar surface area (TPSA) is 21.3 Å². The molecule has 1 aliphatic heterocycles. The largest absolute Gasteiger partial charge is 0.477 e. The highest BCUT2D eigenvalue weighted by molar-refractivity contribution is 5.41. The molecule has 1 heterocycles. The third-order valence-corrected chi connectivity index (χ3v) is 1.78. The Balaban J connectivity index is 2.21. The van der Waals surface area contributed by atoms with Crippen LogP contribution in [0.15, 0.2) is 35.8 Å². The molecule has 2 nitrogen and oxygen atoms in total. The summed E-state index contributed by atoms with van der Waals surface area (Å²) in [5.41, 5.74) is 1.15. The van der Waals surface area contributed by atoms with Crippen molar-refractivity contribution in [2.24, 2.45) is 0 Å². The molecular formula is C9H11NO. The molecule has 1 atom stereocenters. The number of hydrogen-bond acceptors (Lipinski definition) is 2.